The van der Waals surface area contributed by atoms with Crippen molar-refractivity contribution in [1.82, 2.24) is 0 Å². The zero-order valence-electron chi connectivity index (χ0n) is 35.4. The summed E-state index contributed by atoms with van der Waals surface area (Å²) in [5, 5.41) is 0. The van der Waals surface area contributed by atoms with Crippen molar-refractivity contribution in [3.05, 3.63) is 192 Å². The Balaban J connectivity index is 0.000000348. The van der Waals surface area contributed by atoms with Gasteiger partial charge in [-0.3, -0.25) is 19.2 Å². The van der Waals surface area contributed by atoms with Gasteiger partial charge in [-0.05, 0) is 63.0 Å². The van der Waals surface area contributed by atoms with Crippen LogP contribution in [-0.2, 0) is 53.7 Å². The van der Waals surface area contributed by atoms with E-state index in [0.29, 0.717) is 12.8 Å². The van der Waals surface area contributed by atoms with Crippen LogP contribution in [0.1, 0.15) is 51.7 Å². The van der Waals surface area contributed by atoms with Gasteiger partial charge in [-0.15, -0.1) is 59.6 Å². The Hall–Kier alpha value is -5.13. The van der Waals surface area contributed by atoms with Gasteiger partial charge in [0.2, 0.25) is 23.6 Å². The van der Waals surface area contributed by atoms with Crippen LogP contribution in [0.5, 0.6) is 0 Å². The number of hydrogen-bond acceptors (Lipinski definition) is 4. The summed E-state index contributed by atoms with van der Waals surface area (Å²) in [5.74, 6) is -6.60. The summed E-state index contributed by atoms with van der Waals surface area (Å²) >= 11 is 11.7. The number of hydrogen-bond donors (Lipinski definition) is 0. The average Bonchev–Trinajstić information content (AvgIpc) is 4.06. The fourth-order valence-electron chi connectivity index (χ4n) is 5.31. The second kappa shape index (κ2) is 27.1. The molecule has 0 heterocycles. The van der Waals surface area contributed by atoms with Gasteiger partial charge in [0.15, 0.2) is 0 Å². The quantitative estimate of drug-likeness (QED) is 0.0530. The fourth-order valence-corrected chi connectivity index (χ4v) is 5.54. The van der Waals surface area contributed by atoms with Gasteiger partial charge in [-0.2, -0.15) is 36.4 Å². The molecule has 0 unspecified atom stereocenters. The van der Waals surface area contributed by atoms with Crippen molar-refractivity contribution in [2.45, 2.75) is 53.4 Å². The number of carbonyl (C=O) groups is 4. The van der Waals surface area contributed by atoms with E-state index in [1.165, 1.54) is 0 Å². The maximum Gasteiger partial charge on any atom is 4.00 e. The number of alkyl halides is 2. The van der Waals surface area contributed by atoms with Crippen LogP contribution < -0.4 is 9.80 Å². The van der Waals surface area contributed by atoms with E-state index >= 15 is 0 Å². The molecule has 0 fully saturated rings. The molecule has 6 aromatic carbocycles. The standard InChI is InChI=1S/2C20H19ClF2NO2.2C5H5.Ti/c2*1-20(2,13-21)19(26)24(17-10-9-15(22)12-16(17)23)18(25)11-8-14-6-4-3-5-7-14;2*1-2-4-5-3-1;/h2*3-7,9-10H,8,11,13H2,1-2H3;2*1-5H;/q4*-1;+4. The third-order valence-corrected chi connectivity index (χ3v) is 10.3. The fraction of sp³-hybridized carbons (Fsp3) is 0.240. The van der Waals surface area contributed by atoms with Gasteiger partial charge in [0.25, 0.3) is 0 Å². The molecule has 0 atom stereocenters. The predicted molar refractivity (Wildman–Crippen MR) is 238 cm³/mol. The Kier molecular flexibility index (Phi) is 23.3. The monoisotopic (exact) mass is 934 g/mol. The molecule has 6 aromatic rings. The van der Waals surface area contributed by atoms with Crippen LogP contribution in [0, 0.1) is 46.2 Å². The second-order valence-electron chi connectivity index (χ2n) is 15.0. The predicted octanol–water partition coefficient (Wildman–Crippen LogP) is 11.9. The van der Waals surface area contributed by atoms with Crippen LogP contribution in [0.4, 0.5) is 28.9 Å². The molecule has 0 aliphatic rings. The van der Waals surface area contributed by atoms with E-state index < -0.39 is 57.7 Å². The Morgan fingerprint density at radius 1 is 0.524 bits per heavy atom. The first kappa shape index (κ1) is 54.0. The zero-order chi connectivity index (χ0) is 45.7. The van der Waals surface area contributed by atoms with Crippen molar-refractivity contribution in [3.8, 4) is 0 Å². The third-order valence-electron chi connectivity index (χ3n) is 8.95. The van der Waals surface area contributed by atoms with Crippen molar-refractivity contribution >= 4 is 58.2 Å². The van der Waals surface area contributed by atoms with Gasteiger partial charge in [-0.1, -0.05) is 60.7 Å². The molecule has 13 heteroatoms. The average molecular weight is 936 g/mol. The van der Waals surface area contributed by atoms with Crippen LogP contribution in [0.3, 0.4) is 0 Å². The normalized spacial score (nSPS) is 10.6. The molecule has 0 spiro atoms. The van der Waals surface area contributed by atoms with Crippen LogP contribution in [0.15, 0.2) is 146 Å². The number of aryl methyl sites for hydroxylation is 2. The molecule has 0 bridgehead atoms. The van der Waals surface area contributed by atoms with Gasteiger partial charge in [0.1, 0.15) is 0 Å². The van der Waals surface area contributed by atoms with Crippen LogP contribution in [-0.4, -0.2) is 35.4 Å². The van der Waals surface area contributed by atoms with Gasteiger partial charge >= 0.3 is 21.7 Å². The van der Waals surface area contributed by atoms with E-state index in [2.05, 4.69) is 0 Å². The number of anilines is 2. The number of rotatable bonds is 12. The van der Waals surface area contributed by atoms with Gasteiger partial charge in [-0.25, -0.2) is 41.8 Å². The van der Waals surface area contributed by atoms with Crippen molar-refractivity contribution in [3.63, 3.8) is 0 Å². The van der Waals surface area contributed by atoms with Crippen molar-refractivity contribution in [1.29, 1.82) is 0 Å². The molecule has 0 saturated carbocycles. The second-order valence-corrected chi connectivity index (χ2v) is 15.5. The molecular weight excluding hydrogens is 887 g/mol. The topological polar surface area (TPSA) is 74.8 Å². The van der Waals surface area contributed by atoms with E-state index in [1.54, 1.807) is 27.7 Å². The molecule has 0 radical (unpaired) electrons. The van der Waals surface area contributed by atoms with Crippen LogP contribution in [0.2, 0.25) is 0 Å². The Morgan fingerprint density at radius 2 is 0.841 bits per heavy atom. The SMILES string of the molecule is CC(C)(CCl)C(=O)N(C(=O)CCc1ccccc1)c1ccc(F)[c-]c1F.CC(C)(CCl)C(=O)N(C(=O)CCc1ccccc1)c1ccc(F)[c-]c1F.[Ti+4].c1cc[cH-]c1.c1cc[cH-]c1. The largest absolute Gasteiger partial charge is 4.00 e. The van der Waals surface area contributed by atoms with Gasteiger partial charge in [0.05, 0.1) is 10.8 Å². The maximum absolute atomic E-state index is 14.2. The van der Waals surface area contributed by atoms with Crippen molar-refractivity contribution in [2.75, 3.05) is 21.6 Å². The molecule has 0 N–H and O–H groups in total. The summed E-state index contributed by atoms with van der Waals surface area (Å²) < 4.78 is 54.8. The van der Waals surface area contributed by atoms with E-state index in [9.17, 15) is 36.7 Å². The molecule has 0 saturated heterocycles. The molecule has 0 aliphatic carbocycles. The summed E-state index contributed by atoms with van der Waals surface area (Å²) in [6, 6.07) is 46.2. The number of carbonyl (C=O) groups excluding carboxylic acids is 4. The minimum atomic E-state index is -1.10. The third kappa shape index (κ3) is 17.5. The molecule has 0 aromatic heterocycles. The van der Waals surface area contributed by atoms with Crippen LogP contribution >= 0.6 is 23.2 Å². The number of imide groups is 2. The molecule has 0 aliphatic heterocycles. The number of halogens is 6. The summed E-state index contributed by atoms with van der Waals surface area (Å²) in [4.78, 5) is 52.7. The first-order valence-corrected chi connectivity index (χ1v) is 20.6. The Bertz CT molecular complexity index is 2080. The summed E-state index contributed by atoms with van der Waals surface area (Å²) in [6.45, 7) is 6.24. The van der Waals surface area contributed by atoms with Crippen molar-refractivity contribution in [2.24, 2.45) is 10.8 Å². The molecule has 4 amide bonds. The number of nitrogens with zero attached hydrogens (tertiary/aromatic N) is 2. The van der Waals surface area contributed by atoms with Crippen LogP contribution in [0.25, 0.3) is 0 Å². The summed E-state index contributed by atoms with van der Waals surface area (Å²) in [6.07, 6.45) is 0.754. The van der Waals surface area contributed by atoms with E-state index in [-0.39, 0.29) is 57.7 Å². The van der Waals surface area contributed by atoms with Gasteiger partial charge < -0.3 is 9.80 Å². The molecule has 328 valence electrons. The first-order valence-electron chi connectivity index (χ1n) is 19.5. The maximum atomic E-state index is 14.2. The van der Waals surface area contributed by atoms with Gasteiger partial charge in [0, 0.05) is 47.9 Å². The van der Waals surface area contributed by atoms with Crippen molar-refractivity contribution < 1.29 is 58.5 Å². The minimum Gasteiger partial charge on any atom is -0.303 e. The molecule has 6 rings (SSSR count). The first-order chi connectivity index (χ1) is 29.5. The number of amides is 4. The van der Waals surface area contributed by atoms with E-state index in [0.717, 1.165) is 45.2 Å². The smallest absolute Gasteiger partial charge is 0.303 e. The van der Waals surface area contributed by atoms with E-state index in [4.69, 9.17) is 23.2 Å². The van der Waals surface area contributed by atoms with E-state index in [1.807, 2.05) is 133 Å². The summed E-state index contributed by atoms with van der Waals surface area (Å²) in [7, 11) is 0. The number of benzene rings is 4. The molecule has 6 nitrogen and oxygen atoms in total. The summed E-state index contributed by atoms with van der Waals surface area (Å²) in [5.41, 5.74) is -1.01. The zero-order valence-corrected chi connectivity index (χ0v) is 38.5. The molecular formula is C50H48Cl2F4N2O4Ti. The Labute approximate surface area is 392 Å². The minimum absolute atomic E-state index is 0. The molecule has 63 heavy (non-hydrogen) atoms. The Morgan fingerprint density at radius 3 is 1.10 bits per heavy atom.